The molecule has 2 rings (SSSR count). The fraction of sp³-hybridized carbons (Fsp3) is 0.429. The summed E-state index contributed by atoms with van der Waals surface area (Å²) in [5, 5.41) is 0. The lowest BCUT2D eigenvalue weighted by molar-refractivity contribution is 0.347. The molecule has 0 amide bonds. The molecule has 1 aromatic rings. The van der Waals surface area contributed by atoms with Gasteiger partial charge in [-0.1, -0.05) is 25.0 Å². The second-order valence-electron chi connectivity index (χ2n) is 4.76. The Hall–Kier alpha value is -1.20. The number of rotatable bonds is 5. The average molecular weight is 283 g/mol. The van der Waals surface area contributed by atoms with Gasteiger partial charge in [-0.05, 0) is 31.0 Å². The first-order valence-corrected chi connectivity index (χ1v) is 7.88. The van der Waals surface area contributed by atoms with Gasteiger partial charge in [0.05, 0.1) is 4.90 Å². The molecule has 0 unspecified atom stereocenters. The van der Waals surface area contributed by atoms with Gasteiger partial charge in [0.25, 0.3) is 0 Å². The Labute approximate surface area is 113 Å². The first-order chi connectivity index (χ1) is 9.05. The summed E-state index contributed by atoms with van der Waals surface area (Å²) in [6, 6.07) is 5.17. The summed E-state index contributed by atoms with van der Waals surface area (Å²) in [5.74, 6) is -0.536. The smallest absolute Gasteiger partial charge is 0.207 e. The van der Waals surface area contributed by atoms with Gasteiger partial charge < -0.3 is 0 Å². The zero-order valence-electron chi connectivity index (χ0n) is 10.8. The molecule has 104 valence electrons. The van der Waals surface area contributed by atoms with Gasteiger partial charge in [-0.3, -0.25) is 0 Å². The van der Waals surface area contributed by atoms with Crippen LogP contribution in [-0.2, 0) is 10.0 Å². The minimum atomic E-state index is -3.65. The second kappa shape index (κ2) is 5.84. The van der Waals surface area contributed by atoms with Gasteiger partial charge in [-0.25, -0.2) is 12.8 Å². The van der Waals surface area contributed by atoms with E-state index in [0.29, 0.717) is 0 Å². The lowest BCUT2D eigenvalue weighted by Gasteiger charge is -2.26. The predicted molar refractivity (Wildman–Crippen MR) is 72.7 cm³/mol. The van der Waals surface area contributed by atoms with Crippen molar-refractivity contribution >= 4 is 10.0 Å². The zero-order chi connectivity index (χ0) is 13.9. The molecule has 1 aromatic carbocycles. The van der Waals surface area contributed by atoms with E-state index in [4.69, 9.17) is 0 Å². The van der Waals surface area contributed by atoms with E-state index in [1.807, 2.05) is 0 Å². The molecule has 0 aliphatic heterocycles. The lowest BCUT2D eigenvalue weighted by Crippen LogP contribution is -2.38. The van der Waals surface area contributed by atoms with Gasteiger partial charge in [0.2, 0.25) is 10.0 Å². The third-order valence-electron chi connectivity index (χ3n) is 3.44. The molecule has 1 saturated carbocycles. The van der Waals surface area contributed by atoms with E-state index in [9.17, 15) is 12.8 Å². The van der Waals surface area contributed by atoms with Gasteiger partial charge in [0, 0.05) is 12.6 Å². The van der Waals surface area contributed by atoms with Crippen molar-refractivity contribution in [2.45, 2.75) is 36.6 Å². The molecular formula is C14H18FNO2S. The molecular weight excluding hydrogens is 265 g/mol. The highest BCUT2D eigenvalue weighted by atomic mass is 32.2. The van der Waals surface area contributed by atoms with Crippen molar-refractivity contribution in [2.75, 3.05) is 6.54 Å². The van der Waals surface area contributed by atoms with Crippen LogP contribution < -0.4 is 0 Å². The second-order valence-corrected chi connectivity index (χ2v) is 6.65. The van der Waals surface area contributed by atoms with Crippen LogP contribution in [0.15, 0.2) is 41.8 Å². The molecule has 0 spiro atoms. The summed E-state index contributed by atoms with van der Waals surface area (Å²) in [5.41, 5.74) is 0. The van der Waals surface area contributed by atoms with Crippen molar-refractivity contribution in [3.63, 3.8) is 0 Å². The van der Waals surface area contributed by atoms with Crippen LogP contribution in [-0.4, -0.2) is 25.3 Å². The summed E-state index contributed by atoms with van der Waals surface area (Å²) >= 11 is 0. The number of halogens is 1. The van der Waals surface area contributed by atoms with Crippen LogP contribution >= 0.6 is 0 Å². The van der Waals surface area contributed by atoms with Crippen LogP contribution in [0, 0.1) is 5.82 Å². The lowest BCUT2D eigenvalue weighted by atomic mass is 10.2. The van der Waals surface area contributed by atoms with Crippen molar-refractivity contribution in [1.82, 2.24) is 4.31 Å². The topological polar surface area (TPSA) is 37.4 Å². The van der Waals surface area contributed by atoms with Crippen LogP contribution in [0.25, 0.3) is 0 Å². The molecule has 1 aliphatic carbocycles. The van der Waals surface area contributed by atoms with Gasteiger partial charge in [0.15, 0.2) is 0 Å². The van der Waals surface area contributed by atoms with Crippen LogP contribution in [0.3, 0.4) is 0 Å². The van der Waals surface area contributed by atoms with Crippen molar-refractivity contribution < 1.29 is 12.8 Å². The van der Waals surface area contributed by atoms with E-state index < -0.39 is 15.8 Å². The summed E-state index contributed by atoms with van der Waals surface area (Å²) < 4.78 is 39.8. The van der Waals surface area contributed by atoms with Gasteiger partial charge in [-0.2, -0.15) is 4.31 Å². The van der Waals surface area contributed by atoms with E-state index in [-0.39, 0.29) is 17.5 Å². The summed E-state index contributed by atoms with van der Waals surface area (Å²) in [7, 11) is -3.65. The summed E-state index contributed by atoms with van der Waals surface area (Å²) in [4.78, 5) is 0.0150. The summed E-state index contributed by atoms with van der Waals surface area (Å²) in [6.07, 6.45) is 5.38. The van der Waals surface area contributed by atoms with Crippen LogP contribution in [0.4, 0.5) is 4.39 Å². The molecule has 19 heavy (non-hydrogen) atoms. The normalized spacial score (nSPS) is 16.9. The number of hydrogen-bond donors (Lipinski definition) is 0. The van der Waals surface area contributed by atoms with E-state index in [1.165, 1.54) is 22.5 Å². The van der Waals surface area contributed by atoms with Crippen molar-refractivity contribution in [3.05, 3.63) is 42.7 Å². The Morgan fingerprint density at radius 3 is 2.63 bits per heavy atom. The maximum Gasteiger partial charge on any atom is 0.243 e. The molecule has 1 fully saturated rings. The number of hydrogen-bond acceptors (Lipinski definition) is 2. The predicted octanol–water partition coefficient (Wildman–Crippen LogP) is 2.95. The third-order valence-corrected chi connectivity index (χ3v) is 5.36. The largest absolute Gasteiger partial charge is 0.243 e. The van der Waals surface area contributed by atoms with Gasteiger partial charge >= 0.3 is 0 Å². The Morgan fingerprint density at radius 2 is 2.05 bits per heavy atom. The summed E-state index contributed by atoms with van der Waals surface area (Å²) in [6.45, 7) is 3.88. The molecule has 5 heteroatoms. The zero-order valence-corrected chi connectivity index (χ0v) is 11.6. The molecule has 1 aliphatic rings. The van der Waals surface area contributed by atoms with Crippen LogP contribution in [0.5, 0.6) is 0 Å². The maximum absolute atomic E-state index is 13.2. The standard InChI is InChI=1S/C14H18FNO2S/c1-2-10-16(13-7-3-4-8-13)19(17,18)14-9-5-6-12(15)11-14/h2,5-6,9,11,13H,1,3-4,7-8,10H2. The molecule has 3 nitrogen and oxygen atoms in total. The van der Waals surface area contributed by atoms with Gasteiger partial charge in [-0.15, -0.1) is 6.58 Å². The molecule has 0 bridgehead atoms. The number of nitrogens with zero attached hydrogens (tertiary/aromatic N) is 1. The minimum absolute atomic E-state index is 0.00580. The van der Waals surface area contributed by atoms with E-state index >= 15 is 0 Å². The molecule has 0 N–H and O–H groups in total. The molecule has 0 aromatic heterocycles. The Bertz CT molecular complexity index is 550. The number of benzene rings is 1. The quantitative estimate of drug-likeness (QED) is 0.779. The van der Waals surface area contributed by atoms with Gasteiger partial charge in [0.1, 0.15) is 5.82 Å². The van der Waals surface area contributed by atoms with Crippen molar-refractivity contribution in [1.29, 1.82) is 0 Å². The molecule has 0 heterocycles. The van der Waals surface area contributed by atoms with Crippen LogP contribution in [0.1, 0.15) is 25.7 Å². The highest BCUT2D eigenvalue weighted by molar-refractivity contribution is 7.89. The first kappa shape index (κ1) is 14.2. The van der Waals surface area contributed by atoms with Crippen molar-refractivity contribution in [2.24, 2.45) is 0 Å². The molecule has 0 saturated heterocycles. The van der Waals surface area contributed by atoms with Crippen molar-refractivity contribution in [3.8, 4) is 0 Å². The minimum Gasteiger partial charge on any atom is -0.207 e. The highest BCUT2D eigenvalue weighted by Gasteiger charge is 2.32. The monoisotopic (exact) mass is 283 g/mol. The molecule has 0 radical (unpaired) electrons. The maximum atomic E-state index is 13.2. The van der Waals surface area contributed by atoms with E-state index in [2.05, 4.69) is 6.58 Å². The Morgan fingerprint density at radius 1 is 1.37 bits per heavy atom. The fourth-order valence-electron chi connectivity index (χ4n) is 2.53. The Kier molecular flexibility index (Phi) is 4.37. The third kappa shape index (κ3) is 3.04. The van der Waals surface area contributed by atoms with Crippen LogP contribution in [0.2, 0.25) is 0 Å². The highest BCUT2D eigenvalue weighted by Crippen LogP contribution is 2.28. The number of sulfonamides is 1. The Balaban J connectivity index is 2.36. The van der Waals surface area contributed by atoms with E-state index in [1.54, 1.807) is 6.08 Å². The van der Waals surface area contributed by atoms with E-state index in [0.717, 1.165) is 31.7 Å². The molecule has 0 atom stereocenters. The first-order valence-electron chi connectivity index (χ1n) is 6.44. The SMILES string of the molecule is C=CCN(C1CCCC1)S(=O)(=O)c1cccc(F)c1. The average Bonchev–Trinajstić information content (AvgIpc) is 2.89. The fourth-order valence-corrected chi connectivity index (χ4v) is 4.21.